The topological polar surface area (TPSA) is 38.7 Å². The van der Waals surface area contributed by atoms with Gasteiger partial charge >= 0.3 is 0 Å². The molecule has 0 aromatic heterocycles. The van der Waals surface area contributed by atoms with Crippen molar-refractivity contribution in [3.63, 3.8) is 0 Å². The highest BCUT2D eigenvalue weighted by Gasteiger charge is 2.25. The van der Waals surface area contributed by atoms with Crippen molar-refractivity contribution >= 4 is 15.9 Å². The van der Waals surface area contributed by atoms with Gasteiger partial charge in [-0.1, -0.05) is 22.9 Å². The first-order chi connectivity index (χ1) is 7.46. The van der Waals surface area contributed by atoms with Crippen LogP contribution in [0.25, 0.3) is 0 Å². The first-order valence-corrected chi connectivity index (χ1v) is 5.90. The Kier molecular flexibility index (Phi) is 4.21. The molecule has 1 N–H and O–H groups in total. The molecule has 0 spiro atoms. The lowest BCUT2D eigenvalue weighted by Gasteiger charge is -2.24. The van der Waals surface area contributed by atoms with Crippen LogP contribution in [-0.2, 0) is 5.60 Å². The van der Waals surface area contributed by atoms with Gasteiger partial charge in [0.25, 0.3) is 0 Å². The Morgan fingerprint density at radius 1 is 1.25 bits per heavy atom. The summed E-state index contributed by atoms with van der Waals surface area (Å²) in [7, 11) is 3.16. The second-order valence-electron chi connectivity index (χ2n) is 3.81. The molecule has 0 fully saturated rings. The molecule has 1 aromatic rings. The molecule has 0 radical (unpaired) electrons. The van der Waals surface area contributed by atoms with Gasteiger partial charge in [0.2, 0.25) is 0 Å². The molecule has 1 aromatic carbocycles. The van der Waals surface area contributed by atoms with Gasteiger partial charge in [0.1, 0.15) is 0 Å². The van der Waals surface area contributed by atoms with Gasteiger partial charge in [0.05, 0.1) is 19.8 Å². The van der Waals surface area contributed by atoms with E-state index in [1.165, 1.54) is 0 Å². The molecule has 1 rings (SSSR count). The molecule has 90 valence electrons. The number of aliphatic hydroxyl groups is 1. The smallest absolute Gasteiger partial charge is 0.161 e. The normalized spacial score (nSPS) is 14.4. The number of rotatable bonds is 4. The van der Waals surface area contributed by atoms with Crippen LogP contribution < -0.4 is 9.47 Å². The molecule has 1 atom stereocenters. The highest BCUT2D eigenvalue weighted by Crippen LogP contribution is 2.39. The van der Waals surface area contributed by atoms with Crippen LogP contribution in [0.1, 0.15) is 25.8 Å². The number of hydrogen-bond donors (Lipinski definition) is 1. The van der Waals surface area contributed by atoms with Crippen molar-refractivity contribution in [3.05, 3.63) is 22.2 Å². The van der Waals surface area contributed by atoms with E-state index in [4.69, 9.17) is 9.47 Å². The minimum Gasteiger partial charge on any atom is -0.493 e. The highest BCUT2D eigenvalue weighted by molar-refractivity contribution is 9.10. The third-order valence-corrected chi connectivity index (χ3v) is 3.40. The molecule has 0 aliphatic carbocycles. The van der Waals surface area contributed by atoms with E-state index < -0.39 is 5.60 Å². The van der Waals surface area contributed by atoms with Crippen LogP contribution in [0.4, 0.5) is 0 Å². The molecular formula is C12H17BrO3. The van der Waals surface area contributed by atoms with Crippen molar-refractivity contribution in [2.24, 2.45) is 0 Å². The fraction of sp³-hybridized carbons (Fsp3) is 0.500. The highest BCUT2D eigenvalue weighted by atomic mass is 79.9. The number of halogens is 1. The lowest BCUT2D eigenvalue weighted by molar-refractivity contribution is 0.0520. The summed E-state index contributed by atoms with van der Waals surface area (Å²) in [4.78, 5) is 0. The van der Waals surface area contributed by atoms with Crippen LogP contribution in [0, 0.1) is 0 Å². The molecule has 16 heavy (non-hydrogen) atoms. The minimum absolute atomic E-state index is 0.620. The number of benzene rings is 1. The van der Waals surface area contributed by atoms with Gasteiger partial charge in [-0.3, -0.25) is 0 Å². The van der Waals surface area contributed by atoms with Crippen LogP contribution in [0.2, 0.25) is 0 Å². The molecule has 0 saturated heterocycles. The summed E-state index contributed by atoms with van der Waals surface area (Å²) in [5, 5.41) is 10.2. The van der Waals surface area contributed by atoms with E-state index in [1.54, 1.807) is 33.3 Å². The fourth-order valence-electron chi connectivity index (χ4n) is 1.46. The zero-order valence-electron chi connectivity index (χ0n) is 10.0. The third kappa shape index (κ3) is 2.50. The van der Waals surface area contributed by atoms with Gasteiger partial charge in [-0.05, 0) is 25.5 Å². The van der Waals surface area contributed by atoms with Gasteiger partial charge in [-0.25, -0.2) is 0 Å². The first-order valence-electron chi connectivity index (χ1n) is 5.10. The van der Waals surface area contributed by atoms with E-state index in [2.05, 4.69) is 15.9 Å². The molecular weight excluding hydrogens is 272 g/mol. The molecule has 0 bridgehead atoms. The van der Waals surface area contributed by atoms with E-state index >= 15 is 0 Å². The van der Waals surface area contributed by atoms with Crippen LogP contribution in [0.5, 0.6) is 11.5 Å². The number of hydrogen-bond acceptors (Lipinski definition) is 3. The van der Waals surface area contributed by atoms with Crippen molar-refractivity contribution in [1.82, 2.24) is 0 Å². The summed E-state index contributed by atoms with van der Waals surface area (Å²) in [5.74, 6) is 1.26. The Bertz CT molecular complexity index is 375. The Morgan fingerprint density at radius 3 is 2.19 bits per heavy atom. The van der Waals surface area contributed by atoms with Gasteiger partial charge < -0.3 is 14.6 Å². The molecule has 0 amide bonds. The third-order valence-electron chi connectivity index (χ3n) is 2.74. The van der Waals surface area contributed by atoms with Crippen molar-refractivity contribution in [2.75, 3.05) is 14.2 Å². The largest absolute Gasteiger partial charge is 0.493 e. The summed E-state index contributed by atoms with van der Waals surface area (Å²) in [6.07, 6.45) is 0.626. The van der Waals surface area contributed by atoms with Gasteiger partial charge in [0, 0.05) is 10.0 Å². The molecule has 0 saturated carbocycles. The summed E-state index contributed by atoms with van der Waals surface area (Å²) in [5.41, 5.74) is -0.0779. The number of methoxy groups -OCH3 is 2. The van der Waals surface area contributed by atoms with Crippen molar-refractivity contribution in [2.45, 2.75) is 25.9 Å². The zero-order chi connectivity index (χ0) is 12.3. The Labute approximate surface area is 105 Å². The Balaban J connectivity index is 3.32. The van der Waals surface area contributed by atoms with E-state index in [9.17, 15) is 5.11 Å². The van der Waals surface area contributed by atoms with Crippen molar-refractivity contribution in [3.8, 4) is 11.5 Å². The standard InChI is InChI=1S/C12H17BrO3/c1-5-12(2,14)8-6-10(15-3)11(16-4)7-9(8)13/h6-7,14H,5H2,1-4H3. The van der Waals surface area contributed by atoms with Gasteiger partial charge in [0.15, 0.2) is 11.5 Å². The Morgan fingerprint density at radius 2 is 1.75 bits per heavy atom. The van der Waals surface area contributed by atoms with Crippen molar-refractivity contribution in [1.29, 1.82) is 0 Å². The minimum atomic E-state index is -0.877. The number of ether oxygens (including phenoxy) is 2. The first kappa shape index (κ1) is 13.3. The average molecular weight is 289 g/mol. The van der Waals surface area contributed by atoms with Gasteiger partial charge in [-0.15, -0.1) is 0 Å². The second-order valence-corrected chi connectivity index (χ2v) is 4.67. The predicted molar refractivity (Wildman–Crippen MR) is 67.1 cm³/mol. The van der Waals surface area contributed by atoms with E-state index in [0.29, 0.717) is 17.9 Å². The molecule has 4 heteroatoms. The summed E-state index contributed by atoms with van der Waals surface area (Å²) < 4.78 is 11.2. The molecule has 0 heterocycles. The van der Waals surface area contributed by atoms with Crippen LogP contribution in [0.3, 0.4) is 0 Å². The zero-order valence-corrected chi connectivity index (χ0v) is 11.6. The Hall–Kier alpha value is -0.740. The lowest BCUT2D eigenvalue weighted by atomic mass is 9.93. The van der Waals surface area contributed by atoms with Crippen LogP contribution in [0.15, 0.2) is 16.6 Å². The lowest BCUT2D eigenvalue weighted by Crippen LogP contribution is -2.20. The summed E-state index contributed by atoms with van der Waals surface area (Å²) >= 11 is 3.43. The monoisotopic (exact) mass is 288 g/mol. The van der Waals surface area contributed by atoms with Gasteiger partial charge in [-0.2, -0.15) is 0 Å². The maximum absolute atomic E-state index is 10.2. The van der Waals surface area contributed by atoms with Crippen LogP contribution >= 0.6 is 15.9 Å². The maximum Gasteiger partial charge on any atom is 0.161 e. The van der Waals surface area contributed by atoms with E-state index in [0.717, 1.165) is 10.0 Å². The van der Waals surface area contributed by atoms with Crippen LogP contribution in [-0.4, -0.2) is 19.3 Å². The second kappa shape index (κ2) is 5.06. The SMILES string of the molecule is CCC(C)(O)c1cc(OC)c(OC)cc1Br. The fourth-order valence-corrected chi connectivity index (χ4v) is 2.21. The van der Waals surface area contributed by atoms with E-state index in [1.807, 2.05) is 6.92 Å². The average Bonchev–Trinajstić information content (AvgIpc) is 2.28. The molecule has 1 unspecified atom stereocenters. The summed E-state index contributed by atoms with van der Waals surface area (Å²) in [6.45, 7) is 3.71. The molecule has 0 aliphatic heterocycles. The summed E-state index contributed by atoms with van der Waals surface area (Å²) in [6, 6.07) is 3.60. The van der Waals surface area contributed by atoms with Crippen molar-refractivity contribution < 1.29 is 14.6 Å². The van der Waals surface area contributed by atoms with E-state index in [-0.39, 0.29) is 0 Å². The maximum atomic E-state index is 10.2. The predicted octanol–water partition coefficient (Wildman–Crippen LogP) is 3.08. The molecule has 0 aliphatic rings. The molecule has 3 nitrogen and oxygen atoms in total. The quantitative estimate of drug-likeness (QED) is 0.925.